The van der Waals surface area contributed by atoms with Crippen LogP contribution >= 0.6 is 11.6 Å². The lowest BCUT2D eigenvalue weighted by atomic mass is 9.84. The lowest BCUT2D eigenvalue weighted by Crippen LogP contribution is -2.49. The Balaban J connectivity index is 1.09. The van der Waals surface area contributed by atoms with Crippen molar-refractivity contribution in [1.82, 2.24) is 9.62 Å². The summed E-state index contributed by atoms with van der Waals surface area (Å²) in [6.07, 6.45) is 0.185. The van der Waals surface area contributed by atoms with Crippen molar-refractivity contribution in [3.8, 4) is 11.1 Å². The Morgan fingerprint density at radius 1 is 0.811 bits per heavy atom. The molecule has 0 spiro atoms. The van der Waals surface area contributed by atoms with Crippen LogP contribution in [-0.4, -0.2) is 49.3 Å². The number of benzene rings is 5. The summed E-state index contributed by atoms with van der Waals surface area (Å²) >= 11 is 6.11. The van der Waals surface area contributed by atoms with Gasteiger partial charge in [-0.1, -0.05) is 122 Å². The second-order valence-corrected chi connectivity index (χ2v) is 16.3. The molecular formula is C43H45ClN2O6S. The molecule has 4 atom stereocenters. The van der Waals surface area contributed by atoms with Gasteiger partial charge >= 0.3 is 0 Å². The third kappa shape index (κ3) is 8.59. The monoisotopic (exact) mass is 752 g/mol. The minimum absolute atomic E-state index is 0.0223. The highest BCUT2D eigenvalue weighted by atomic mass is 35.5. The number of ether oxygens (including phenoxy) is 2. The van der Waals surface area contributed by atoms with Gasteiger partial charge in [0.2, 0.25) is 10.0 Å². The molecule has 0 saturated carbocycles. The van der Waals surface area contributed by atoms with Crippen LogP contribution in [0.5, 0.6) is 0 Å². The standard InChI is InChI=1S/C43H45ClN2O6S/c1-30-40(28-46-25-23-43(48,24-26-46)36-19-21-37(44)22-20-36)51-42(52-41(30)33-13-11-31(29-47)12-14-33)34-17-15-32(16-18-34)39-10-6-5-7-35(39)27-45-53(49,50)38-8-3-2-4-9-38/h2-22,30,40-42,45,47-48H,23-29H2,1H3. The van der Waals surface area contributed by atoms with Gasteiger partial charge in [0.05, 0.1) is 29.3 Å². The minimum Gasteiger partial charge on any atom is -0.392 e. The summed E-state index contributed by atoms with van der Waals surface area (Å²) in [5.41, 5.74) is 5.46. The van der Waals surface area contributed by atoms with Crippen LogP contribution in [0, 0.1) is 5.92 Å². The van der Waals surface area contributed by atoms with Crippen molar-refractivity contribution < 1.29 is 28.1 Å². The SMILES string of the molecule is CC1C(CN2CCC(O)(c3ccc(Cl)cc3)CC2)OC(c2ccc(-c3ccccc3CNS(=O)(=O)c3ccccc3)cc2)OC1c1ccc(CO)cc1. The number of aliphatic hydroxyl groups is 2. The second-order valence-electron chi connectivity index (χ2n) is 14.1. The third-order valence-corrected chi connectivity index (χ3v) is 12.3. The van der Waals surface area contributed by atoms with Gasteiger partial charge < -0.3 is 24.6 Å². The van der Waals surface area contributed by atoms with Gasteiger partial charge in [0.25, 0.3) is 0 Å². The quantitative estimate of drug-likeness (QED) is 0.127. The molecule has 4 unspecified atom stereocenters. The number of nitrogens with one attached hydrogen (secondary N) is 1. The number of halogens is 1. The zero-order valence-corrected chi connectivity index (χ0v) is 31.2. The molecule has 5 aromatic carbocycles. The molecule has 2 heterocycles. The van der Waals surface area contributed by atoms with Gasteiger partial charge in [-0.15, -0.1) is 0 Å². The number of likely N-dealkylation sites (tertiary alicyclic amines) is 1. The zero-order chi connectivity index (χ0) is 37.0. The molecule has 2 saturated heterocycles. The van der Waals surface area contributed by atoms with Crippen LogP contribution in [0.4, 0.5) is 0 Å². The van der Waals surface area contributed by atoms with Crippen LogP contribution in [0.1, 0.15) is 60.0 Å². The third-order valence-electron chi connectivity index (χ3n) is 10.6. The Morgan fingerprint density at radius 2 is 1.45 bits per heavy atom. The fourth-order valence-corrected chi connectivity index (χ4v) is 8.52. The van der Waals surface area contributed by atoms with Crippen LogP contribution in [0.15, 0.2) is 132 Å². The molecule has 0 radical (unpaired) electrons. The van der Waals surface area contributed by atoms with Crippen molar-refractivity contribution in [2.45, 2.75) is 61.9 Å². The van der Waals surface area contributed by atoms with E-state index in [1.165, 1.54) is 0 Å². The largest absolute Gasteiger partial charge is 0.392 e. The average Bonchev–Trinajstić information content (AvgIpc) is 3.19. The molecule has 0 aromatic heterocycles. The van der Waals surface area contributed by atoms with Crippen molar-refractivity contribution in [3.05, 3.63) is 160 Å². The minimum atomic E-state index is -3.67. The molecule has 8 nitrogen and oxygen atoms in total. The molecule has 2 aliphatic rings. The fraction of sp³-hybridized carbons (Fsp3) is 0.302. The first-order valence-corrected chi connectivity index (χ1v) is 19.9. The summed E-state index contributed by atoms with van der Waals surface area (Å²) in [6, 6.07) is 39.6. The number of aliphatic hydroxyl groups excluding tert-OH is 1. The average molecular weight is 753 g/mol. The number of hydrogen-bond acceptors (Lipinski definition) is 7. The van der Waals surface area contributed by atoms with E-state index in [0.29, 0.717) is 24.4 Å². The van der Waals surface area contributed by atoms with Gasteiger partial charge in [0.15, 0.2) is 6.29 Å². The van der Waals surface area contributed by atoms with Crippen molar-refractivity contribution >= 4 is 21.6 Å². The van der Waals surface area contributed by atoms with E-state index >= 15 is 0 Å². The molecular weight excluding hydrogens is 708 g/mol. The van der Waals surface area contributed by atoms with Crippen LogP contribution in [0.2, 0.25) is 5.02 Å². The molecule has 5 aromatic rings. The smallest absolute Gasteiger partial charge is 0.240 e. The number of hydrogen-bond donors (Lipinski definition) is 3. The predicted octanol–water partition coefficient (Wildman–Crippen LogP) is 7.75. The van der Waals surface area contributed by atoms with Gasteiger partial charge in [0, 0.05) is 42.7 Å². The normalized spacial score (nSPS) is 22.0. The van der Waals surface area contributed by atoms with E-state index in [1.807, 2.05) is 97.1 Å². The first-order valence-electron chi connectivity index (χ1n) is 18.1. The van der Waals surface area contributed by atoms with E-state index in [2.05, 4.69) is 16.5 Å². The molecule has 53 heavy (non-hydrogen) atoms. The summed E-state index contributed by atoms with van der Waals surface area (Å²) in [7, 11) is -3.67. The number of nitrogens with zero attached hydrogens (tertiary/aromatic N) is 1. The summed E-state index contributed by atoms with van der Waals surface area (Å²) in [6.45, 7) is 4.42. The second kappa shape index (κ2) is 16.2. The molecule has 2 aliphatic heterocycles. The van der Waals surface area contributed by atoms with Crippen molar-refractivity contribution in [2.75, 3.05) is 19.6 Å². The highest BCUT2D eigenvalue weighted by Gasteiger charge is 2.41. The Morgan fingerprint density at radius 3 is 2.13 bits per heavy atom. The van der Waals surface area contributed by atoms with Gasteiger partial charge in [-0.2, -0.15) is 0 Å². The Labute approximate surface area is 317 Å². The van der Waals surface area contributed by atoms with Crippen LogP contribution in [-0.2, 0) is 38.2 Å². The van der Waals surface area contributed by atoms with E-state index in [0.717, 1.165) is 52.0 Å². The van der Waals surface area contributed by atoms with Crippen molar-refractivity contribution in [2.24, 2.45) is 5.92 Å². The highest BCUT2D eigenvalue weighted by molar-refractivity contribution is 7.89. The maximum atomic E-state index is 12.9. The molecule has 7 rings (SSSR count). The molecule has 0 bridgehead atoms. The van der Waals surface area contributed by atoms with E-state index in [-0.39, 0.29) is 36.2 Å². The van der Waals surface area contributed by atoms with Crippen LogP contribution in [0.25, 0.3) is 11.1 Å². The van der Waals surface area contributed by atoms with Gasteiger partial charge in [-0.05, 0) is 70.5 Å². The summed E-state index contributed by atoms with van der Waals surface area (Å²) in [5.74, 6) is 0.0223. The van der Waals surface area contributed by atoms with E-state index < -0.39 is 21.9 Å². The van der Waals surface area contributed by atoms with Crippen molar-refractivity contribution in [1.29, 1.82) is 0 Å². The van der Waals surface area contributed by atoms with Crippen LogP contribution in [0.3, 0.4) is 0 Å². The lowest BCUT2D eigenvalue weighted by molar-refractivity contribution is -0.277. The summed E-state index contributed by atoms with van der Waals surface area (Å²) < 4.78 is 42.1. The Bertz CT molecular complexity index is 2070. The molecule has 2 fully saturated rings. The predicted molar refractivity (Wildman–Crippen MR) is 206 cm³/mol. The molecule has 276 valence electrons. The lowest BCUT2D eigenvalue weighted by Gasteiger charge is -2.45. The molecule has 0 aliphatic carbocycles. The maximum Gasteiger partial charge on any atom is 0.240 e. The first kappa shape index (κ1) is 37.4. The maximum absolute atomic E-state index is 12.9. The van der Waals surface area contributed by atoms with E-state index in [4.69, 9.17) is 21.1 Å². The zero-order valence-electron chi connectivity index (χ0n) is 29.6. The number of rotatable bonds is 11. The van der Waals surface area contributed by atoms with Crippen molar-refractivity contribution in [3.63, 3.8) is 0 Å². The Kier molecular flexibility index (Phi) is 11.5. The molecule has 0 amide bonds. The van der Waals surface area contributed by atoms with Gasteiger partial charge in [-0.3, -0.25) is 0 Å². The highest BCUT2D eigenvalue weighted by Crippen LogP contribution is 2.43. The number of sulfonamides is 1. The first-order chi connectivity index (χ1) is 25.6. The Hall–Kier alpha value is -3.90. The van der Waals surface area contributed by atoms with Gasteiger partial charge in [-0.25, -0.2) is 13.1 Å². The van der Waals surface area contributed by atoms with E-state index in [1.54, 1.807) is 30.3 Å². The fourth-order valence-electron chi connectivity index (χ4n) is 7.37. The molecule has 3 N–H and O–H groups in total. The van der Waals surface area contributed by atoms with Crippen LogP contribution < -0.4 is 4.72 Å². The summed E-state index contributed by atoms with van der Waals surface area (Å²) in [4.78, 5) is 2.59. The summed E-state index contributed by atoms with van der Waals surface area (Å²) in [5, 5.41) is 21.8. The topological polar surface area (TPSA) is 108 Å². The van der Waals surface area contributed by atoms with E-state index in [9.17, 15) is 18.6 Å². The number of piperidine rings is 1. The van der Waals surface area contributed by atoms with Gasteiger partial charge in [0.1, 0.15) is 0 Å². The molecule has 10 heteroatoms.